The number of fused-ring (bicyclic) bond motifs is 8. The standard InChI is InChI=1S/C55H38N2OS/c1-6-19-40(20-7-1)55-56-53-52-49(48-31-16-17-32-50(48)54(53)58-55)36-34-39-33-35-43(38-51(39)52)57(41-21-8-2-9-22-41)42-23-18-30-47(37-42)59(44-24-10-3-11-25-44,45-26-12-4-13-27-45)46-28-14-5-15-29-46/h1-38H. The lowest BCUT2D eigenvalue weighted by molar-refractivity contribution is 0.623. The highest BCUT2D eigenvalue weighted by Crippen LogP contribution is 2.73. The SMILES string of the molecule is c1ccc(-c2nc3c(o2)c2ccccc2c2ccc4ccc(N(c5ccccc5)c5cccc(S(c6ccccc6)(c6ccccc6)c6ccccc6)c5)cc4c23)cc1. The molecule has 11 rings (SSSR count). The maximum absolute atomic E-state index is 6.68. The van der Waals surface area contributed by atoms with Crippen LogP contribution in [0.4, 0.5) is 17.1 Å². The summed E-state index contributed by atoms with van der Waals surface area (Å²) in [5, 5.41) is 6.72. The van der Waals surface area contributed by atoms with Gasteiger partial charge in [-0.15, -0.1) is 10.0 Å². The summed E-state index contributed by atoms with van der Waals surface area (Å²) in [5.41, 5.74) is 5.84. The van der Waals surface area contributed by atoms with Gasteiger partial charge in [-0.3, -0.25) is 0 Å². The normalized spacial score (nSPS) is 12.0. The summed E-state index contributed by atoms with van der Waals surface area (Å²) in [7, 11) is -1.91. The molecule has 4 heteroatoms. The molecular formula is C55H38N2OS. The van der Waals surface area contributed by atoms with Gasteiger partial charge in [-0.2, -0.15) is 0 Å². The van der Waals surface area contributed by atoms with Crippen molar-refractivity contribution in [3.05, 3.63) is 231 Å². The number of anilines is 3. The minimum absolute atomic E-state index is 0.621. The highest BCUT2D eigenvalue weighted by Gasteiger charge is 2.34. The van der Waals surface area contributed by atoms with Crippen molar-refractivity contribution in [2.45, 2.75) is 19.6 Å². The molecule has 3 nitrogen and oxygen atoms in total. The number of hydrogen-bond donors (Lipinski definition) is 0. The second-order valence-corrected chi connectivity index (χ2v) is 17.8. The fraction of sp³-hybridized carbons (Fsp3) is 0. The van der Waals surface area contributed by atoms with E-state index in [0.717, 1.165) is 66.0 Å². The monoisotopic (exact) mass is 774 g/mol. The van der Waals surface area contributed by atoms with Gasteiger partial charge >= 0.3 is 0 Å². The van der Waals surface area contributed by atoms with Gasteiger partial charge in [0.2, 0.25) is 5.89 Å². The van der Waals surface area contributed by atoms with E-state index in [4.69, 9.17) is 9.40 Å². The van der Waals surface area contributed by atoms with Gasteiger partial charge in [0.1, 0.15) is 5.52 Å². The molecule has 280 valence electrons. The largest absolute Gasteiger partial charge is 0.435 e. The Morgan fingerprint density at radius 1 is 0.373 bits per heavy atom. The molecule has 0 bridgehead atoms. The van der Waals surface area contributed by atoms with E-state index in [0.29, 0.717) is 5.89 Å². The highest BCUT2D eigenvalue weighted by atomic mass is 32.3. The maximum Gasteiger partial charge on any atom is 0.227 e. The lowest BCUT2D eigenvalue weighted by Crippen LogP contribution is -2.11. The Labute approximate surface area is 344 Å². The third-order valence-corrected chi connectivity index (χ3v) is 15.2. The highest BCUT2D eigenvalue weighted by molar-refractivity contribution is 8.34. The van der Waals surface area contributed by atoms with Crippen LogP contribution in [0, 0.1) is 0 Å². The van der Waals surface area contributed by atoms with Gasteiger partial charge in [0.25, 0.3) is 0 Å². The van der Waals surface area contributed by atoms with Crippen molar-refractivity contribution in [1.82, 2.24) is 4.98 Å². The van der Waals surface area contributed by atoms with Crippen LogP contribution < -0.4 is 4.90 Å². The zero-order valence-electron chi connectivity index (χ0n) is 32.2. The molecule has 1 aromatic heterocycles. The van der Waals surface area contributed by atoms with Crippen LogP contribution in [0.25, 0.3) is 54.9 Å². The van der Waals surface area contributed by atoms with Gasteiger partial charge in [-0.1, -0.05) is 140 Å². The first kappa shape index (κ1) is 34.8. The molecule has 10 aromatic carbocycles. The van der Waals surface area contributed by atoms with E-state index in [-0.39, 0.29) is 0 Å². The Morgan fingerprint density at radius 2 is 0.881 bits per heavy atom. The van der Waals surface area contributed by atoms with E-state index < -0.39 is 10.0 Å². The molecule has 1 heterocycles. The Morgan fingerprint density at radius 3 is 1.53 bits per heavy atom. The van der Waals surface area contributed by atoms with Crippen LogP contribution in [0.5, 0.6) is 0 Å². The van der Waals surface area contributed by atoms with Gasteiger partial charge in [0.05, 0.1) is 0 Å². The van der Waals surface area contributed by atoms with Gasteiger partial charge in [0.15, 0.2) is 5.58 Å². The van der Waals surface area contributed by atoms with Crippen LogP contribution in [0.15, 0.2) is 255 Å². The van der Waals surface area contributed by atoms with E-state index in [2.05, 4.69) is 217 Å². The molecule has 0 amide bonds. The number of aromatic nitrogens is 1. The molecule has 0 aliphatic heterocycles. The smallest absolute Gasteiger partial charge is 0.227 e. The number of benzene rings is 10. The molecule has 0 N–H and O–H groups in total. The summed E-state index contributed by atoms with van der Waals surface area (Å²) >= 11 is 0. The Balaban J connectivity index is 1.17. The molecular weight excluding hydrogens is 737 g/mol. The van der Waals surface area contributed by atoms with E-state index in [1.807, 2.05) is 18.2 Å². The van der Waals surface area contributed by atoms with Crippen molar-refractivity contribution in [2.75, 3.05) is 4.90 Å². The molecule has 0 atom stereocenters. The van der Waals surface area contributed by atoms with E-state index >= 15 is 0 Å². The second-order valence-electron chi connectivity index (χ2n) is 14.7. The van der Waals surface area contributed by atoms with Gasteiger partial charge in [-0.25, -0.2) is 4.98 Å². The van der Waals surface area contributed by atoms with Crippen LogP contribution in [0.1, 0.15) is 0 Å². The quantitative estimate of drug-likeness (QED) is 0.144. The van der Waals surface area contributed by atoms with Crippen molar-refractivity contribution >= 4 is 70.5 Å². The summed E-state index contributed by atoms with van der Waals surface area (Å²) in [6, 6.07) is 83.0. The number of nitrogens with zero attached hydrogens (tertiary/aromatic N) is 2. The van der Waals surface area contributed by atoms with Gasteiger partial charge in [0, 0.05) is 53.0 Å². The van der Waals surface area contributed by atoms with Crippen molar-refractivity contribution in [3.63, 3.8) is 0 Å². The molecule has 11 aromatic rings. The van der Waals surface area contributed by atoms with E-state index in [9.17, 15) is 0 Å². The summed E-state index contributed by atoms with van der Waals surface area (Å²) in [5.74, 6) is 0.621. The zero-order chi connectivity index (χ0) is 39.2. The third kappa shape index (κ3) is 5.80. The number of hydrogen-bond acceptors (Lipinski definition) is 3. The van der Waals surface area contributed by atoms with Crippen molar-refractivity contribution in [3.8, 4) is 11.5 Å². The third-order valence-electron chi connectivity index (χ3n) is 11.3. The van der Waals surface area contributed by atoms with Crippen LogP contribution in [-0.4, -0.2) is 4.98 Å². The average Bonchev–Trinajstić information content (AvgIpc) is 3.77. The van der Waals surface area contributed by atoms with Crippen LogP contribution in [0.3, 0.4) is 0 Å². The van der Waals surface area contributed by atoms with Gasteiger partial charge in [-0.05, 0) is 113 Å². The Hall–Kier alpha value is -7.40. The van der Waals surface area contributed by atoms with Crippen molar-refractivity contribution < 1.29 is 4.42 Å². The van der Waals surface area contributed by atoms with E-state index in [1.54, 1.807) is 0 Å². The lowest BCUT2D eigenvalue weighted by atomic mass is 9.95. The first-order valence-corrected chi connectivity index (χ1v) is 21.6. The summed E-state index contributed by atoms with van der Waals surface area (Å²) in [4.78, 5) is 12.8. The topological polar surface area (TPSA) is 29.3 Å². The first-order valence-electron chi connectivity index (χ1n) is 19.9. The molecule has 0 saturated heterocycles. The fourth-order valence-corrected chi connectivity index (χ4v) is 12.7. The minimum Gasteiger partial charge on any atom is -0.435 e. The van der Waals surface area contributed by atoms with Crippen LogP contribution in [-0.2, 0) is 0 Å². The number of oxazole rings is 1. The molecule has 0 aliphatic carbocycles. The average molecular weight is 775 g/mol. The molecule has 0 fully saturated rings. The van der Waals surface area contributed by atoms with Crippen molar-refractivity contribution in [2.24, 2.45) is 0 Å². The minimum atomic E-state index is -1.91. The summed E-state index contributed by atoms with van der Waals surface area (Å²) in [6.07, 6.45) is 0. The molecule has 0 spiro atoms. The zero-order valence-corrected chi connectivity index (χ0v) is 33.0. The first-order chi connectivity index (χ1) is 29.3. The predicted molar refractivity (Wildman–Crippen MR) is 247 cm³/mol. The molecule has 0 radical (unpaired) electrons. The van der Waals surface area contributed by atoms with Gasteiger partial charge < -0.3 is 9.32 Å². The summed E-state index contributed by atoms with van der Waals surface area (Å²) in [6.45, 7) is 0. The molecule has 59 heavy (non-hydrogen) atoms. The molecule has 0 unspecified atom stereocenters. The molecule has 0 saturated carbocycles. The predicted octanol–water partition coefficient (Wildman–Crippen LogP) is 15.8. The number of rotatable bonds is 8. The second kappa shape index (κ2) is 14.5. The Bertz CT molecular complexity index is 3160. The molecule has 0 aliphatic rings. The van der Waals surface area contributed by atoms with Crippen LogP contribution >= 0.6 is 10.0 Å². The van der Waals surface area contributed by atoms with Crippen molar-refractivity contribution in [1.29, 1.82) is 0 Å². The fourth-order valence-electron chi connectivity index (χ4n) is 8.75. The van der Waals surface area contributed by atoms with E-state index in [1.165, 1.54) is 19.6 Å². The van der Waals surface area contributed by atoms with Crippen LogP contribution in [0.2, 0.25) is 0 Å². The Kier molecular flexibility index (Phi) is 8.57. The summed E-state index contributed by atoms with van der Waals surface area (Å²) < 4.78 is 6.68. The number of para-hydroxylation sites is 1. The maximum atomic E-state index is 6.68. The lowest BCUT2D eigenvalue weighted by Gasteiger charge is -2.42.